The number of carbonyl (C=O) groups excluding carboxylic acids is 2. The van der Waals surface area contributed by atoms with Crippen LogP contribution in [0.5, 0.6) is 0 Å². The molecule has 0 radical (unpaired) electrons. The molecule has 1 rings (SSSR count). The molecule has 0 aromatic carbocycles. The molecule has 1 aliphatic heterocycles. The van der Waals surface area contributed by atoms with Crippen molar-refractivity contribution in [2.45, 2.75) is 104 Å². The highest BCUT2D eigenvalue weighted by Crippen LogP contribution is 2.38. The molecule has 1 saturated heterocycles. The van der Waals surface area contributed by atoms with Crippen molar-refractivity contribution in [1.29, 1.82) is 0 Å². The molecule has 1 heterocycles. The van der Waals surface area contributed by atoms with Crippen molar-refractivity contribution in [3.05, 3.63) is 24.3 Å². The molecule has 0 spiro atoms. The molecule has 8 nitrogen and oxygen atoms in total. The molecule has 208 valence electrons. The van der Waals surface area contributed by atoms with E-state index in [0.717, 1.165) is 24.9 Å². The van der Waals surface area contributed by atoms with E-state index in [1.807, 2.05) is 0 Å². The van der Waals surface area contributed by atoms with E-state index in [1.165, 1.54) is 0 Å². The van der Waals surface area contributed by atoms with Crippen molar-refractivity contribution in [2.24, 2.45) is 0 Å². The third-order valence-electron chi connectivity index (χ3n) is 5.85. The molecule has 0 saturated carbocycles. The van der Waals surface area contributed by atoms with Crippen LogP contribution in [-0.2, 0) is 35.5 Å². The zero-order chi connectivity index (χ0) is 27.6. The first-order valence-corrected chi connectivity index (χ1v) is 23.2. The first-order valence-electron chi connectivity index (χ1n) is 13.1. The van der Waals surface area contributed by atoms with Gasteiger partial charge in [-0.1, -0.05) is 39.8 Å². The monoisotopic (exact) mass is 576 g/mol. The van der Waals surface area contributed by atoms with E-state index < -0.39 is 34.2 Å². The Bertz CT molecular complexity index is 712. The summed E-state index contributed by atoms with van der Waals surface area (Å²) >= 11 is 0. The Hall–Kier alpha value is -0.872. The second kappa shape index (κ2) is 14.3. The fourth-order valence-corrected chi connectivity index (χ4v) is 28.0. The van der Waals surface area contributed by atoms with Gasteiger partial charge in [0.25, 0.3) is 0 Å². The maximum Gasteiger partial charge on any atom is 0.333 e. The Labute approximate surface area is 222 Å². The molecule has 0 N–H and O–H groups in total. The van der Waals surface area contributed by atoms with Gasteiger partial charge in [-0.3, -0.25) is 0 Å². The van der Waals surface area contributed by atoms with Gasteiger partial charge in [0.1, 0.15) is 0 Å². The number of carbonyl (C=O) groups is 2. The third kappa shape index (κ3) is 11.3. The second-order valence-electron chi connectivity index (χ2n) is 10.5. The second-order valence-corrected chi connectivity index (χ2v) is 24.8. The average molecular weight is 577 g/mol. The Kier molecular flexibility index (Phi) is 13.2. The summed E-state index contributed by atoms with van der Waals surface area (Å²) < 4.78 is 38.4. The lowest BCUT2D eigenvalue weighted by Crippen LogP contribution is -2.67. The van der Waals surface area contributed by atoms with Gasteiger partial charge in [0.15, 0.2) is 0 Å². The van der Waals surface area contributed by atoms with Gasteiger partial charge in [0.05, 0.1) is 13.2 Å². The van der Waals surface area contributed by atoms with E-state index in [-0.39, 0.29) is 11.9 Å². The van der Waals surface area contributed by atoms with E-state index in [1.54, 1.807) is 13.8 Å². The van der Waals surface area contributed by atoms with Gasteiger partial charge in [0.2, 0.25) is 0 Å². The Morgan fingerprint density at radius 1 is 0.611 bits per heavy atom. The maximum absolute atomic E-state index is 11.8. The van der Waals surface area contributed by atoms with Crippen LogP contribution in [0.25, 0.3) is 0 Å². The Morgan fingerprint density at radius 3 is 1.14 bits per heavy atom. The van der Waals surface area contributed by atoms with Crippen LogP contribution >= 0.6 is 0 Å². The molecule has 0 amide bonds. The smallest absolute Gasteiger partial charge is 0.333 e. The maximum atomic E-state index is 11.8. The van der Waals surface area contributed by atoms with Crippen LogP contribution in [0.15, 0.2) is 24.3 Å². The summed E-state index contributed by atoms with van der Waals surface area (Å²) in [7, 11) is -10.6. The summed E-state index contributed by atoms with van der Waals surface area (Å²) in [6, 6.07) is 3.06. The summed E-state index contributed by atoms with van der Waals surface area (Å²) in [5.74, 6) is -0.752. The quantitative estimate of drug-likeness (QED) is 0.105. The molecule has 1 fully saturated rings. The minimum Gasteiger partial charge on any atom is -0.462 e. The lowest BCUT2D eigenvalue weighted by atomic mass is 10.4. The van der Waals surface area contributed by atoms with Crippen LogP contribution in [0.2, 0.25) is 50.4 Å². The standard InChI is InChI=1S/C24H48O8Si4/c1-11-17-33(7)29-35(9,19-13-15-27-23(25)21(3)4)31-34(8,18-12-2)32-36(10,30-33)20-14-16-28-24(26)22(5)6/h3,5,11-20H2,1-2,4,6-10H3. The molecular formula is C24H48O8Si4. The average Bonchev–Trinajstić information content (AvgIpc) is 2.72. The molecule has 0 bridgehead atoms. The zero-order valence-electron chi connectivity index (χ0n) is 23.8. The predicted molar refractivity (Wildman–Crippen MR) is 151 cm³/mol. The van der Waals surface area contributed by atoms with E-state index in [9.17, 15) is 9.59 Å². The van der Waals surface area contributed by atoms with Crippen molar-refractivity contribution >= 4 is 46.2 Å². The van der Waals surface area contributed by atoms with Crippen molar-refractivity contribution in [1.82, 2.24) is 0 Å². The van der Waals surface area contributed by atoms with Crippen LogP contribution in [-0.4, -0.2) is 59.4 Å². The van der Waals surface area contributed by atoms with E-state index in [2.05, 4.69) is 53.2 Å². The van der Waals surface area contributed by atoms with Gasteiger partial charge in [-0.2, -0.15) is 0 Å². The minimum absolute atomic E-state index is 0.302. The first kappa shape index (κ1) is 33.2. The summed E-state index contributed by atoms with van der Waals surface area (Å²) in [5.41, 5.74) is 0.784. The molecule has 0 atom stereocenters. The molecule has 12 heteroatoms. The van der Waals surface area contributed by atoms with Gasteiger partial charge in [0, 0.05) is 11.1 Å². The van der Waals surface area contributed by atoms with E-state index in [4.69, 9.17) is 25.9 Å². The largest absolute Gasteiger partial charge is 0.462 e. The molecule has 0 aromatic rings. The first-order chi connectivity index (χ1) is 16.6. The van der Waals surface area contributed by atoms with Crippen LogP contribution in [0.3, 0.4) is 0 Å². The topological polar surface area (TPSA) is 89.5 Å². The Balaban J connectivity index is 3.07. The highest BCUT2D eigenvalue weighted by atomic mass is 28.5. The molecule has 0 aromatic heterocycles. The normalized spacial score (nSPS) is 30.7. The third-order valence-corrected chi connectivity index (χ3v) is 25.0. The van der Waals surface area contributed by atoms with Gasteiger partial charge in [-0.25, -0.2) is 9.59 Å². The van der Waals surface area contributed by atoms with Gasteiger partial charge in [-0.05, 0) is 77.1 Å². The fourth-order valence-electron chi connectivity index (χ4n) is 4.59. The highest BCUT2D eigenvalue weighted by molar-refractivity contribution is 6.93. The van der Waals surface area contributed by atoms with Crippen LogP contribution < -0.4 is 0 Å². The van der Waals surface area contributed by atoms with Crippen molar-refractivity contribution in [2.75, 3.05) is 13.2 Å². The van der Waals surface area contributed by atoms with Gasteiger partial charge in [-0.15, -0.1) is 0 Å². The van der Waals surface area contributed by atoms with Crippen LogP contribution in [0.4, 0.5) is 0 Å². The minimum atomic E-state index is -2.69. The SMILES string of the molecule is C=C(C)C(=O)OCCC[Si]1(C)O[Si](C)(CCC)O[Si](C)(CCCOC(=O)C(=C)C)O[Si](C)(CCC)O1. The summed E-state index contributed by atoms with van der Waals surface area (Å²) in [6.07, 6.45) is 3.18. The number of hydrogen-bond acceptors (Lipinski definition) is 8. The molecule has 0 aliphatic carbocycles. The lowest BCUT2D eigenvalue weighted by Gasteiger charge is -2.50. The van der Waals surface area contributed by atoms with Crippen molar-refractivity contribution in [3.63, 3.8) is 0 Å². The van der Waals surface area contributed by atoms with Gasteiger partial charge < -0.3 is 25.9 Å². The molecule has 1 aliphatic rings. The number of rotatable bonds is 14. The number of hydrogen-bond donors (Lipinski definition) is 0. The van der Waals surface area contributed by atoms with Crippen LogP contribution in [0.1, 0.15) is 53.4 Å². The summed E-state index contributed by atoms with van der Waals surface area (Å²) in [5, 5.41) is 0. The molecular weight excluding hydrogens is 529 g/mol. The van der Waals surface area contributed by atoms with E-state index >= 15 is 0 Å². The Morgan fingerprint density at radius 2 is 0.889 bits per heavy atom. The molecule has 0 unspecified atom stereocenters. The van der Waals surface area contributed by atoms with E-state index in [0.29, 0.717) is 49.3 Å². The van der Waals surface area contributed by atoms with Gasteiger partial charge >= 0.3 is 46.2 Å². The summed E-state index contributed by atoms with van der Waals surface area (Å²) in [6.45, 7) is 23.9. The number of esters is 2. The summed E-state index contributed by atoms with van der Waals surface area (Å²) in [4.78, 5) is 23.5. The van der Waals surface area contributed by atoms with Crippen molar-refractivity contribution < 1.29 is 35.5 Å². The highest BCUT2D eigenvalue weighted by Gasteiger charge is 2.56. The molecule has 36 heavy (non-hydrogen) atoms. The lowest BCUT2D eigenvalue weighted by molar-refractivity contribution is -0.139. The fraction of sp³-hybridized carbons (Fsp3) is 0.750. The predicted octanol–water partition coefficient (Wildman–Crippen LogP) is 6.19. The van der Waals surface area contributed by atoms with Crippen LogP contribution in [0, 0.1) is 0 Å². The number of ether oxygens (including phenoxy) is 2. The van der Waals surface area contributed by atoms with Crippen molar-refractivity contribution in [3.8, 4) is 0 Å². The zero-order valence-corrected chi connectivity index (χ0v) is 27.8.